The molecule has 0 N–H and O–H groups in total. The Hall–Kier alpha value is -2.94. The molecule has 0 radical (unpaired) electrons. The van der Waals surface area contributed by atoms with Crippen molar-refractivity contribution in [1.29, 1.82) is 0 Å². The molecule has 0 amide bonds. The first-order valence-electron chi connectivity index (χ1n) is 9.75. The maximum atomic E-state index is 13.0. The van der Waals surface area contributed by atoms with Crippen molar-refractivity contribution in [1.82, 2.24) is 0 Å². The first-order valence-corrected chi connectivity index (χ1v) is 9.75. The van der Waals surface area contributed by atoms with Gasteiger partial charge in [0.25, 0.3) is 0 Å². The molecule has 0 bridgehead atoms. The van der Waals surface area contributed by atoms with E-state index < -0.39 is 11.6 Å². The van der Waals surface area contributed by atoms with Crippen LogP contribution in [0.2, 0.25) is 0 Å². The van der Waals surface area contributed by atoms with Crippen molar-refractivity contribution in [3.05, 3.63) is 83.9 Å². The van der Waals surface area contributed by atoms with Gasteiger partial charge in [-0.05, 0) is 43.5 Å². The first kappa shape index (κ1) is 18.4. The van der Waals surface area contributed by atoms with Crippen molar-refractivity contribution in [2.24, 2.45) is 4.99 Å². The summed E-state index contributed by atoms with van der Waals surface area (Å²) in [4.78, 5) is 17.8. The third-order valence-electron chi connectivity index (χ3n) is 5.07. The zero-order valence-corrected chi connectivity index (χ0v) is 16.6. The molecule has 28 heavy (non-hydrogen) atoms. The Balaban J connectivity index is 1.76. The fourth-order valence-corrected chi connectivity index (χ4v) is 3.87. The van der Waals surface area contributed by atoms with Crippen LogP contribution in [0, 0.1) is 0 Å². The maximum absolute atomic E-state index is 13.0. The highest BCUT2D eigenvalue weighted by atomic mass is 16.6. The highest BCUT2D eigenvalue weighted by molar-refractivity contribution is 6.13. The van der Waals surface area contributed by atoms with E-state index in [4.69, 9.17) is 9.73 Å². The summed E-state index contributed by atoms with van der Waals surface area (Å²) in [5.41, 5.74) is 2.67. The summed E-state index contributed by atoms with van der Waals surface area (Å²) in [5.74, 6) is -0.262. The predicted molar refractivity (Wildman–Crippen MR) is 114 cm³/mol. The van der Waals surface area contributed by atoms with Gasteiger partial charge in [0.15, 0.2) is 6.04 Å². The summed E-state index contributed by atoms with van der Waals surface area (Å²) < 4.78 is 5.70. The molecule has 0 aliphatic carbocycles. The molecule has 0 unspecified atom stereocenters. The van der Waals surface area contributed by atoms with Crippen LogP contribution in [0.25, 0.3) is 10.8 Å². The molecule has 1 aliphatic heterocycles. The standard InChI is InChI=1S/C25H25NO2/c1-25(2,3)28-24(27)23-21(18-10-5-4-6-11-18)16-22(26-23)20-15-9-13-17-12-7-8-14-19(17)20/h4-15,21,23H,16H2,1-3H3/t21-,23+/m1/s1. The molecule has 0 saturated carbocycles. The Morgan fingerprint density at radius 2 is 1.61 bits per heavy atom. The van der Waals surface area contributed by atoms with E-state index in [2.05, 4.69) is 42.5 Å². The predicted octanol–water partition coefficient (Wildman–Crippen LogP) is 5.53. The molecule has 1 aliphatic rings. The molecule has 3 nitrogen and oxygen atoms in total. The second kappa shape index (κ2) is 7.23. The van der Waals surface area contributed by atoms with Crippen LogP contribution in [-0.2, 0) is 9.53 Å². The van der Waals surface area contributed by atoms with Gasteiger partial charge in [0.2, 0.25) is 0 Å². The molecule has 0 spiro atoms. The molecule has 0 saturated heterocycles. The number of rotatable bonds is 3. The molecular weight excluding hydrogens is 346 g/mol. The molecule has 1 heterocycles. The van der Waals surface area contributed by atoms with E-state index in [1.165, 1.54) is 10.8 Å². The zero-order chi connectivity index (χ0) is 19.7. The van der Waals surface area contributed by atoms with Gasteiger partial charge >= 0.3 is 5.97 Å². The molecule has 2 atom stereocenters. The number of fused-ring (bicyclic) bond motifs is 1. The van der Waals surface area contributed by atoms with Crippen LogP contribution in [0.3, 0.4) is 0 Å². The molecule has 3 heteroatoms. The molecule has 142 valence electrons. The van der Waals surface area contributed by atoms with Gasteiger partial charge in [-0.1, -0.05) is 72.8 Å². The summed E-state index contributed by atoms with van der Waals surface area (Å²) >= 11 is 0. The number of nitrogens with zero attached hydrogens (tertiary/aromatic N) is 1. The van der Waals surface area contributed by atoms with Gasteiger partial charge in [-0.3, -0.25) is 4.99 Å². The van der Waals surface area contributed by atoms with Crippen molar-refractivity contribution in [3.8, 4) is 0 Å². The van der Waals surface area contributed by atoms with E-state index in [9.17, 15) is 4.79 Å². The van der Waals surface area contributed by atoms with Crippen LogP contribution in [0.5, 0.6) is 0 Å². The fourth-order valence-electron chi connectivity index (χ4n) is 3.87. The SMILES string of the molecule is CC(C)(C)OC(=O)[C@H]1N=C(c2cccc3ccccc23)C[C@@H]1c1ccccc1. The highest BCUT2D eigenvalue weighted by Gasteiger charge is 2.38. The monoisotopic (exact) mass is 371 g/mol. The van der Waals surface area contributed by atoms with E-state index >= 15 is 0 Å². The van der Waals surface area contributed by atoms with Gasteiger partial charge in [0.1, 0.15) is 5.60 Å². The van der Waals surface area contributed by atoms with Crippen LogP contribution in [-0.4, -0.2) is 23.3 Å². The lowest BCUT2D eigenvalue weighted by atomic mass is 9.88. The van der Waals surface area contributed by atoms with Gasteiger partial charge < -0.3 is 4.74 Å². The number of hydrogen-bond acceptors (Lipinski definition) is 3. The topological polar surface area (TPSA) is 38.7 Å². The van der Waals surface area contributed by atoms with Gasteiger partial charge in [0.05, 0.1) is 0 Å². The van der Waals surface area contributed by atoms with Crippen molar-refractivity contribution in [2.45, 2.75) is 44.8 Å². The molecule has 0 aromatic heterocycles. The van der Waals surface area contributed by atoms with Gasteiger partial charge in [0, 0.05) is 17.2 Å². The second-order valence-corrected chi connectivity index (χ2v) is 8.30. The summed E-state index contributed by atoms with van der Waals surface area (Å²) in [6, 6.07) is 24.2. The van der Waals surface area contributed by atoms with E-state index in [1.54, 1.807) is 0 Å². The van der Waals surface area contributed by atoms with Gasteiger partial charge in [-0.15, -0.1) is 0 Å². The lowest BCUT2D eigenvalue weighted by Gasteiger charge is -2.24. The van der Waals surface area contributed by atoms with Crippen molar-refractivity contribution >= 4 is 22.5 Å². The Bertz CT molecular complexity index is 1030. The van der Waals surface area contributed by atoms with E-state index in [1.807, 2.05) is 51.1 Å². The number of benzene rings is 3. The van der Waals surface area contributed by atoms with Crippen LogP contribution in [0.1, 0.15) is 44.2 Å². The fraction of sp³-hybridized carbons (Fsp3) is 0.280. The number of carbonyl (C=O) groups excluding carboxylic acids is 1. The first-order chi connectivity index (χ1) is 13.4. The molecule has 0 fully saturated rings. The van der Waals surface area contributed by atoms with Crippen LogP contribution < -0.4 is 0 Å². The largest absolute Gasteiger partial charge is 0.458 e. The molecule has 3 aromatic carbocycles. The number of aliphatic imine (C=N–C) groups is 1. The smallest absolute Gasteiger partial charge is 0.332 e. The summed E-state index contributed by atoms with van der Waals surface area (Å²) in [5, 5.41) is 2.35. The van der Waals surface area contributed by atoms with Crippen LogP contribution >= 0.6 is 0 Å². The van der Waals surface area contributed by atoms with E-state index in [0.717, 1.165) is 23.3 Å². The highest BCUT2D eigenvalue weighted by Crippen LogP contribution is 2.36. The summed E-state index contributed by atoms with van der Waals surface area (Å²) in [7, 11) is 0. The average molecular weight is 371 g/mol. The lowest BCUT2D eigenvalue weighted by molar-refractivity contribution is -0.156. The van der Waals surface area contributed by atoms with Gasteiger partial charge in [-0.25, -0.2) is 4.79 Å². The van der Waals surface area contributed by atoms with E-state index in [-0.39, 0.29) is 11.9 Å². The Morgan fingerprint density at radius 3 is 2.36 bits per heavy atom. The zero-order valence-electron chi connectivity index (χ0n) is 16.6. The molecule has 3 aromatic rings. The second-order valence-electron chi connectivity index (χ2n) is 8.30. The number of esters is 1. The van der Waals surface area contributed by atoms with Crippen molar-refractivity contribution in [3.63, 3.8) is 0 Å². The van der Waals surface area contributed by atoms with Crippen LogP contribution in [0.15, 0.2) is 77.8 Å². The summed E-state index contributed by atoms with van der Waals surface area (Å²) in [6.07, 6.45) is 0.724. The van der Waals surface area contributed by atoms with E-state index in [0.29, 0.717) is 0 Å². The number of carbonyl (C=O) groups is 1. The summed E-state index contributed by atoms with van der Waals surface area (Å²) in [6.45, 7) is 5.69. The quantitative estimate of drug-likeness (QED) is 0.568. The Labute approximate surface area is 166 Å². The molecular formula is C25H25NO2. The third kappa shape index (κ3) is 3.70. The normalized spacial score (nSPS) is 19.5. The minimum atomic E-state index is -0.532. The minimum absolute atomic E-state index is 0.00924. The average Bonchev–Trinajstić information content (AvgIpc) is 3.12. The van der Waals surface area contributed by atoms with Crippen molar-refractivity contribution in [2.75, 3.05) is 0 Å². The Morgan fingerprint density at radius 1 is 0.929 bits per heavy atom. The lowest BCUT2D eigenvalue weighted by Crippen LogP contribution is -2.32. The van der Waals surface area contributed by atoms with Gasteiger partial charge in [-0.2, -0.15) is 0 Å². The minimum Gasteiger partial charge on any atom is -0.458 e. The number of ether oxygens (including phenoxy) is 1. The van der Waals surface area contributed by atoms with Crippen LogP contribution in [0.4, 0.5) is 0 Å². The molecule has 4 rings (SSSR count). The Kier molecular flexibility index (Phi) is 4.76. The number of hydrogen-bond donors (Lipinski definition) is 0. The van der Waals surface area contributed by atoms with Crippen molar-refractivity contribution < 1.29 is 9.53 Å². The maximum Gasteiger partial charge on any atom is 0.332 e. The third-order valence-corrected chi connectivity index (χ3v) is 5.07.